The van der Waals surface area contributed by atoms with Gasteiger partial charge in [-0.05, 0) is 74.2 Å². The maximum absolute atomic E-state index is 4.55. The van der Waals surface area contributed by atoms with Gasteiger partial charge >= 0.3 is 0 Å². The Morgan fingerprint density at radius 2 is 1.74 bits per heavy atom. The van der Waals surface area contributed by atoms with E-state index in [2.05, 4.69) is 81.5 Å². The molecule has 0 spiro atoms. The van der Waals surface area contributed by atoms with Crippen LogP contribution in [0.5, 0.6) is 0 Å². The van der Waals surface area contributed by atoms with Gasteiger partial charge in [0.15, 0.2) is 0 Å². The van der Waals surface area contributed by atoms with Crippen molar-refractivity contribution in [1.29, 1.82) is 0 Å². The zero-order valence-corrected chi connectivity index (χ0v) is 18.4. The fourth-order valence-electron chi connectivity index (χ4n) is 5.03. The van der Waals surface area contributed by atoms with Crippen molar-refractivity contribution >= 4 is 27.6 Å². The number of rotatable bonds is 6. The molecule has 5 nitrogen and oxygen atoms in total. The molecular formula is C26H30N5. The Hall–Kier alpha value is -2.92. The van der Waals surface area contributed by atoms with Crippen molar-refractivity contribution < 1.29 is 0 Å². The zero-order chi connectivity index (χ0) is 21.2. The molecule has 2 heterocycles. The van der Waals surface area contributed by atoms with Crippen molar-refractivity contribution in [3.05, 3.63) is 55.0 Å². The van der Waals surface area contributed by atoms with Gasteiger partial charge in [0.25, 0.3) is 0 Å². The summed E-state index contributed by atoms with van der Waals surface area (Å²) in [6, 6.07) is 17.4. The van der Waals surface area contributed by atoms with E-state index in [9.17, 15) is 0 Å². The Morgan fingerprint density at radius 1 is 0.968 bits per heavy atom. The first-order valence-corrected chi connectivity index (χ1v) is 11.5. The first-order chi connectivity index (χ1) is 15.2. The predicted octanol–water partition coefficient (Wildman–Crippen LogP) is 5.64. The van der Waals surface area contributed by atoms with Gasteiger partial charge in [-0.25, -0.2) is 4.98 Å². The molecule has 1 fully saturated rings. The molecule has 1 saturated carbocycles. The van der Waals surface area contributed by atoms with Crippen LogP contribution in [0.15, 0.2) is 48.9 Å². The monoisotopic (exact) mass is 412 g/mol. The van der Waals surface area contributed by atoms with Crippen molar-refractivity contribution in [1.82, 2.24) is 19.9 Å². The van der Waals surface area contributed by atoms with Gasteiger partial charge in [0.1, 0.15) is 0 Å². The Morgan fingerprint density at radius 3 is 2.55 bits per heavy atom. The Labute approximate surface area is 183 Å². The van der Waals surface area contributed by atoms with Crippen molar-refractivity contribution in [2.75, 3.05) is 18.4 Å². The average Bonchev–Trinajstić information content (AvgIpc) is 3.29. The van der Waals surface area contributed by atoms with Crippen molar-refractivity contribution in [3.63, 3.8) is 0 Å². The summed E-state index contributed by atoms with van der Waals surface area (Å²) in [4.78, 5) is 14.7. The Kier molecular flexibility index (Phi) is 5.60. The van der Waals surface area contributed by atoms with Gasteiger partial charge in [-0.15, -0.1) is 0 Å². The summed E-state index contributed by atoms with van der Waals surface area (Å²) in [7, 11) is 0. The van der Waals surface area contributed by atoms with E-state index in [0.29, 0.717) is 6.04 Å². The molecule has 0 bridgehead atoms. The topological polar surface area (TPSA) is 56.8 Å². The molecule has 31 heavy (non-hydrogen) atoms. The molecule has 1 aliphatic rings. The van der Waals surface area contributed by atoms with Gasteiger partial charge in [-0.2, -0.15) is 0 Å². The minimum absolute atomic E-state index is 0.498. The van der Waals surface area contributed by atoms with E-state index in [0.717, 1.165) is 52.3 Å². The molecule has 0 aliphatic heterocycles. The van der Waals surface area contributed by atoms with Crippen LogP contribution in [-0.4, -0.2) is 45.0 Å². The van der Waals surface area contributed by atoms with Crippen molar-refractivity contribution in [3.8, 4) is 11.1 Å². The first kappa shape index (κ1) is 20.0. The predicted molar refractivity (Wildman–Crippen MR) is 128 cm³/mol. The van der Waals surface area contributed by atoms with Gasteiger partial charge in [-0.3, -0.25) is 4.98 Å². The number of anilines is 1. The first-order valence-electron chi connectivity index (χ1n) is 11.5. The second kappa shape index (κ2) is 8.67. The van der Waals surface area contributed by atoms with Crippen LogP contribution in [0.3, 0.4) is 0 Å². The summed E-state index contributed by atoms with van der Waals surface area (Å²) in [5.41, 5.74) is 6.45. The SMILES string of the molecule is CCN(CC)C1CCC(Nc2[c]cnc3ccc(-c4ccc5[nH]cnc5c4)cc23)CC1. The molecule has 2 N–H and O–H groups in total. The highest BCUT2D eigenvalue weighted by atomic mass is 15.1. The largest absolute Gasteiger partial charge is 0.381 e. The Balaban J connectivity index is 1.38. The van der Waals surface area contributed by atoms with Gasteiger partial charge < -0.3 is 15.2 Å². The lowest BCUT2D eigenvalue weighted by Crippen LogP contribution is -2.40. The quantitative estimate of drug-likeness (QED) is 0.430. The van der Waals surface area contributed by atoms with Gasteiger partial charge in [0, 0.05) is 29.7 Å². The maximum atomic E-state index is 4.55. The molecule has 1 radical (unpaired) electrons. The van der Waals surface area contributed by atoms with E-state index < -0.39 is 0 Å². The highest BCUT2D eigenvalue weighted by Gasteiger charge is 2.24. The number of fused-ring (bicyclic) bond motifs is 2. The molecule has 5 heteroatoms. The maximum Gasteiger partial charge on any atom is 0.0931 e. The molecule has 4 aromatic rings. The van der Waals surface area contributed by atoms with Crippen LogP contribution in [0.2, 0.25) is 0 Å². The molecule has 0 saturated heterocycles. The second-order valence-electron chi connectivity index (χ2n) is 8.51. The second-order valence-corrected chi connectivity index (χ2v) is 8.51. The molecule has 0 amide bonds. The normalized spacial score (nSPS) is 19.3. The van der Waals surface area contributed by atoms with Crippen molar-refractivity contribution in [2.45, 2.75) is 51.6 Å². The summed E-state index contributed by atoms with van der Waals surface area (Å²) >= 11 is 0. The van der Waals surface area contributed by atoms with E-state index in [1.165, 1.54) is 31.2 Å². The van der Waals surface area contributed by atoms with E-state index in [-0.39, 0.29) is 0 Å². The van der Waals surface area contributed by atoms with Crippen LogP contribution in [-0.2, 0) is 0 Å². The zero-order valence-electron chi connectivity index (χ0n) is 18.4. The van der Waals surface area contributed by atoms with E-state index in [4.69, 9.17) is 0 Å². The van der Waals surface area contributed by atoms with Crippen molar-refractivity contribution in [2.24, 2.45) is 0 Å². The molecule has 1 aliphatic carbocycles. The number of H-pyrrole nitrogens is 1. The highest BCUT2D eigenvalue weighted by Crippen LogP contribution is 2.31. The number of aromatic amines is 1. The smallest absolute Gasteiger partial charge is 0.0931 e. The number of aromatic nitrogens is 3. The standard InChI is InChI=1S/C26H30N5/c1-3-31(4-2)21-9-7-20(8-10-21)30-24-13-14-27-23-11-5-18(15-22(23)24)19-6-12-25-26(16-19)29-17-28-25/h5-6,11-12,14-17,20-21H,3-4,7-10H2,1-2H3,(H,27,30)(H,28,29). The van der Waals surface area contributed by atoms with Crippen LogP contribution in [0.25, 0.3) is 33.1 Å². The summed E-state index contributed by atoms with van der Waals surface area (Å²) in [6.45, 7) is 6.84. The number of nitrogens with zero attached hydrogens (tertiary/aromatic N) is 3. The Bertz CT molecular complexity index is 1170. The van der Waals surface area contributed by atoms with Crippen LogP contribution in [0, 0.1) is 6.07 Å². The molecule has 2 aromatic heterocycles. The minimum Gasteiger partial charge on any atom is -0.381 e. The third kappa shape index (κ3) is 4.02. The van der Waals surface area contributed by atoms with Gasteiger partial charge in [0.2, 0.25) is 0 Å². The van der Waals surface area contributed by atoms with Gasteiger partial charge in [0.05, 0.1) is 28.6 Å². The summed E-state index contributed by atoms with van der Waals surface area (Å²) in [5, 5.41) is 4.92. The van der Waals surface area contributed by atoms with E-state index in [1.807, 2.05) is 0 Å². The lowest BCUT2D eigenvalue weighted by atomic mass is 9.89. The number of hydrogen-bond donors (Lipinski definition) is 2. The van der Waals surface area contributed by atoms with E-state index in [1.54, 1.807) is 12.5 Å². The molecule has 159 valence electrons. The van der Waals surface area contributed by atoms with Crippen LogP contribution in [0.4, 0.5) is 5.69 Å². The lowest BCUT2D eigenvalue weighted by molar-refractivity contribution is 0.167. The lowest BCUT2D eigenvalue weighted by Gasteiger charge is -2.36. The van der Waals surface area contributed by atoms with Crippen LogP contribution < -0.4 is 5.32 Å². The molecular weight excluding hydrogens is 382 g/mol. The third-order valence-corrected chi connectivity index (χ3v) is 6.81. The number of hydrogen-bond acceptors (Lipinski definition) is 4. The van der Waals surface area contributed by atoms with Gasteiger partial charge in [-0.1, -0.05) is 26.0 Å². The average molecular weight is 413 g/mol. The minimum atomic E-state index is 0.498. The third-order valence-electron chi connectivity index (χ3n) is 6.81. The summed E-state index contributed by atoms with van der Waals surface area (Å²) < 4.78 is 0. The van der Waals surface area contributed by atoms with Crippen LogP contribution >= 0.6 is 0 Å². The fourth-order valence-corrected chi connectivity index (χ4v) is 5.03. The number of imidazole rings is 1. The summed E-state index contributed by atoms with van der Waals surface area (Å²) in [5.74, 6) is 0. The number of nitrogens with one attached hydrogen (secondary N) is 2. The van der Waals surface area contributed by atoms with Crippen LogP contribution in [0.1, 0.15) is 39.5 Å². The number of benzene rings is 2. The fraction of sp³-hybridized carbons (Fsp3) is 0.385. The molecule has 5 rings (SSSR count). The summed E-state index contributed by atoms with van der Waals surface area (Å²) in [6.07, 6.45) is 8.46. The number of pyridine rings is 1. The van der Waals surface area contributed by atoms with E-state index >= 15 is 0 Å². The molecule has 2 aromatic carbocycles. The molecule has 0 unspecified atom stereocenters. The molecule has 0 atom stereocenters. The highest BCUT2D eigenvalue weighted by molar-refractivity contribution is 5.95.